The van der Waals surface area contributed by atoms with Crippen molar-refractivity contribution in [2.75, 3.05) is 40.9 Å². The van der Waals surface area contributed by atoms with Gasteiger partial charge in [0.05, 0.1) is 39.9 Å². The Morgan fingerprint density at radius 3 is 1.26 bits per heavy atom. The van der Waals surface area contributed by atoms with E-state index in [4.69, 9.17) is 9.05 Å². The molecule has 0 rings (SSSR count). The third-order valence-corrected chi connectivity index (χ3v) is 13.9. The highest BCUT2D eigenvalue weighted by atomic mass is 31.2. The molecule has 69 heavy (non-hydrogen) atoms. The van der Waals surface area contributed by atoms with Gasteiger partial charge in [-0.25, -0.2) is 0 Å². The Hall–Kier alpha value is -1.80. The predicted molar refractivity (Wildman–Crippen MR) is 297 cm³/mol. The number of carbonyl (C=O) groups is 1. The molecule has 0 aliphatic rings. The van der Waals surface area contributed by atoms with Crippen LogP contribution in [0.15, 0.2) is 60.8 Å². The first kappa shape index (κ1) is 67.2. The Balaban J connectivity index is 4.24. The van der Waals surface area contributed by atoms with E-state index in [2.05, 4.69) is 67.8 Å². The smallest absolute Gasteiger partial charge is 0.268 e. The third kappa shape index (κ3) is 53.8. The number of hydrogen-bond acceptors (Lipinski definition) is 6. The predicted octanol–water partition coefficient (Wildman–Crippen LogP) is 17.1. The molecule has 404 valence electrons. The zero-order valence-electron chi connectivity index (χ0n) is 46.0. The van der Waals surface area contributed by atoms with Crippen molar-refractivity contribution < 1.29 is 32.9 Å². The maximum atomic E-state index is 13.0. The maximum Gasteiger partial charge on any atom is 0.268 e. The van der Waals surface area contributed by atoms with Crippen molar-refractivity contribution >= 4 is 13.7 Å². The first-order chi connectivity index (χ1) is 33.5. The van der Waals surface area contributed by atoms with Crippen LogP contribution >= 0.6 is 7.82 Å². The molecule has 0 spiro atoms. The number of amides is 1. The lowest BCUT2D eigenvalue weighted by atomic mass is 10.0. The summed E-state index contributed by atoms with van der Waals surface area (Å²) in [6.07, 6.45) is 68.7. The van der Waals surface area contributed by atoms with Crippen molar-refractivity contribution in [2.45, 2.75) is 276 Å². The Morgan fingerprint density at radius 2 is 0.855 bits per heavy atom. The monoisotopic (exact) mass is 989 g/mol. The SMILES string of the molecule is CCCCCCC/C=C\C/C=C\CCCCCCCCCCCCCCCCCC(=O)NC(COP(=O)([O-])OCC[N+](C)(C)C)C(O)/C=C/CC/C=C/CC/C=C/CCCCCCCCCCCC. The lowest BCUT2D eigenvalue weighted by Crippen LogP contribution is -2.45. The van der Waals surface area contributed by atoms with Crippen LogP contribution in [0, 0.1) is 0 Å². The number of allylic oxidation sites excluding steroid dienone is 9. The number of nitrogens with one attached hydrogen (secondary N) is 1. The molecule has 0 aliphatic heterocycles. The summed E-state index contributed by atoms with van der Waals surface area (Å²) in [6, 6.07) is -0.912. The number of carbonyl (C=O) groups excluding carboxylic acids is 1. The van der Waals surface area contributed by atoms with Gasteiger partial charge in [0.1, 0.15) is 13.2 Å². The number of hydrogen-bond donors (Lipinski definition) is 2. The molecule has 8 nitrogen and oxygen atoms in total. The highest BCUT2D eigenvalue weighted by molar-refractivity contribution is 7.45. The number of aliphatic hydroxyl groups excluding tert-OH is 1. The van der Waals surface area contributed by atoms with Crippen molar-refractivity contribution in [3.05, 3.63) is 60.8 Å². The molecule has 0 aromatic rings. The quantitative estimate of drug-likeness (QED) is 0.0272. The molecular formula is C60H113N2O6P. The average molecular weight is 990 g/mol. The van der Waals surface area contributed by atoms with Crippen LogP contribution in [-0.4, -0.2) is 68.5 Å². The lowest BCUT2D eigenvalue weighted by molar-refractivity contribution is -0.870. The standard InChI is InChI=1S/C60H113N2O6P/c1-6-8-10-12-14-16-18-20-22-24-26-28-29-30-31-32-33-34-36-38-40-42-44-46-48-50-52-54-60(64)61-58(57-68-69(65,66)67-56-55-62(3,4)5)59(63)53-51-49-47-45-43-41-39-37-35-27-25-23-21-19-17-15-13-11-9-7-2/h18,20,24,26,35,37,43,45,51,53,58-59,63H,6-17,19,21-23,25,27-34,36,38-42,44,46-50,52,54-57H2,1-5H3,(H-,61,64,65,66)/b20-18-,26-24-,37-35+,45-43+,53-51+. The van der Waals surface area contributed by atoms with E-state index in [1.54, 1.807) is 6.08 Å². The summed E-state index contributed by atoms with van der Waals surface area (Å²) in [5.41, 5.74) is 0. The van der Waals surface area contributed by atoms with E-state index in [0.29, 0.717) is 17.4 Å². The van der Waals surface area contributed by atoms with Crippen molar-refractivity contribution in [3.8, 4) is 0 Å². The normalized spacial score (nSPS) is 14.4. The van der Waals surface area contributed by atoms with Crippen molar-refractivity contribution in [3.63, 3.8) is 0 Å². The minimum absolute atomic E-state index is 0.00992. The number of rotatable bonds is 53. The minimum Gasteiger partial charge on any atom is -0.756 e. The van der Waals surface area contributed by atoms with Gasteiger partial charge >= 0.3 is 0 Å². The fourth-order valence-corrected chi connectivity index (χ4v) is 9.06. The van der Waals surface area contributed by atoms with Crippen LogP contribution in [0.5, 0.6) is 0 Å². The number of likely N-dealkylation sites (N-methyl/N-ethyl adjacent to an activating group) is 1. The van der Waals surface area contributed by atoms with Gasteiger partial charge < -0.3 is 28.8 Å². The summed E-state index contributed by atoms with van der Waals surface area (Å²) >= 11 is 0. The minimum atomic E-state index is -4.61. The molecule has 0 saturated carbocycles. The number of phosphoric acid groups is 1. The van der Waals surface area contributed by atoms with Gasteiger partial charge in [0, 0.05) is 6.42 Å². The van der Waals surface area contributed by atoms with Crippen LogP contribution < -0.4 is 10.2 Å². The van der Waals surface area contributed by atoms with E-state index in [1.807, 2.05) is 27.2 Å². The summed E-state index contributed by atoms with van der Waals surface area (Å²) < 4.78 is 23.3. The molecule has 2 N–H and O–H groups in total. The molecule has 1 amide bonds. The second-order valence-electron chi connectivity index (χ2n) is 21.0. The van der Waals surface area contributed by atoms with E-state index in [9.17, 15) is 19.4 Å². The van der Waals surface area contributed by atoms with Crippen LogP contribution in [0.4, 0.5) is 0 Å². The molecule has 0 aromatic carbocycles. The zero-order chi connectivity index (χ0) is 50.6. The molecule has 0 saturated heterocycles. The van der Waals surface area contributed by atoms with E-state index in [0.717, 1.165) is 51.4 Å². The summed E-state index contributed by atoms with van der Waals surface area (Å²) in [6.45, 7) is 4.63. The Kier molecular flexibility index (Phi) is 49.8. The molecule has 0 radical (unpaired) electrons. The molecule has 3 atom stereocenters. The van der Waals surface area contributed by atoms with Gasteiger partial charge in [-0.1, -0.05) is 242 Å². The summed E-state index contributed by atoms with van der Waals surface area (Å²) in [7, 11) is 1.24. The van der Waals surface area contributed by atoms with Gasteiger partial charge in [0.25, 0.3) is 7.82 Å². The van der Waals surface area contributed by atoms with E-state index >= 15 is 0 Å². The van der Waals surface area contributed by atoms with Crippen LogP contribution in [0.2, 0.25) is 0 Å². The second kappa shape index (κ2) is 51.1. The van der Waals surface area contributed by atoms with Crippen molar-refractivity contribution in [2.24, 2.45) is 0 Å². The van der Waals surface area contributed by atoms with E-state index in [-0.39, 0.29) is 12.5 Å². The number of phosphoric ester groups is 1. The van der Waals surface area contributed by atoms with Crippen molar-refractivity contribution in [1.29, 1.82) is 0 Å². The summed E-state index contributed by atoms with van der Waals surface area (Å²) in [4.78, 5) is 25.5. The highest BCUT2D eigenvalue weighted by Gasteiger charge is 2.23. The molecule has 0 aromatic heterocycles. The van der Waals surface area contributed by atoms with Crippen molar-refractivity contribution in [1.82, 2.24) is 5.32 Å². The number of quaternary nitrogens is 1. The van der Waals surface area contributed by atoms with Gasteiger partial charge in [-0.2, -0.15) is 0 Å². The Bertz CT molecular complexity index is 1310. The Labute approximate surface area is 428 Å². The topological polar surface area (TPSA) is 108 Å². The highest BCUT2D eigenvalue weighted by Crippen LogP contribution is 2.38. The van der Waals surface area contributed by atoms with Gasteiger partial charge in [0.15, 0.2) is 0 Å². The third-order valence-electron chi connectivity index (χ3n) is 12.9. The largest absolute Gasteiger partial charge is 0.756 e. The maximum absolute atomic E-state index is 13.0. The van der Waals surface area contributed by atoms with Gasteiger partial charge in [-0.3, -0.25) is 9.36 Å². The molecule has 0 bridgehead atoms. The van der Waals surface area contributed by atoms with Gasteiger partial charge in [-0.15, -0.1) is 0 Å². The summed E-state index contributed by atoms with van der Waals surface area (Å²) in [5, 5.41) is 13.9. The molecular weight excluding hydrogens is 876 g/mol. The van der Waals surface area contributed by atoms with E-state index in [1.165, 1.54) is 193 Å². The summed E-state index contributed by atoms with van der Waals surface area (Å²) in [5.74, 6) is -0.210. The zero-order valence-corrected chi connectivity index (χ0v) is 46.9. The van der Waals surface area contributed by atoms with Crippen LogP contribution in [-0.2, 0) is 18.4 Å². The van der Waals surface area contributed by atoms with Gasteiger partial charge in [-0.05, 0) is 77.0 Å². The fraction of sp³-hybridized carbons (Fsp3) is 0.817. The molecule has 0 aliphatic carbocycles. The average Bonchev–Trinajstić information content (AvgIpc) is 3.31. The number of unbranched alkanes of at least 4 members (excludes halogenated alkanes) is 32. The molecule has 0 heterocycles. The Morgan fingerprint density at radius 1 is 0.507 bits per heavy atom. The number of nitrogens with zero attached hydrogens (tertiary/aromatic N) is 1. The van der Waals surface area contributed by atoms with Gasteiger partial charge in [0.2, 0.25) is 5.91 Å². The first-order valence-corrected chi connectivity index (χ1v) is 30.6. The fourth-order valence-electron chi connectivity index (χ4n) is 8.33. The van der Waals surface area contributed by atoms with Crippen LogP contribution in [0.3, 0.4) is 0 Å². The van der Waals surface area contributed by atoms with E-state index < -0.39 is 26.6 Å². The molecule has 9 heteroatoms. The molecule has 3 unspecified atom stereocenters. The first-order valence-electron chi connectivity index (χ1n) is 29.2. The van der Waals surface area contributed by atoms with Crippen LogP contribution in [0.25, 0.3) is 0 Å². The number of aliphatic hydroxyl groups is 1. The van der Waals surface area contributed by atoms with Crippen LogP contribution in [0.1, 0.15) is 264 Å². The molecule has 0 fully saturated rings. The lowest BCUT2D eigenvalue weighted by Gasteiger charge is -2.29. The second-order valence-corrected chi connectivity index (χ2v) is 22.4.